The topological polar surface area (TPSA) is 206 Å². The van der Waals surface area contributed by atoms with Crippen molar-refractivity contribution in [3.8, 4) is 16.9 Å². The van der Waals surface area contributed by atoms with Gasteiger partial charge in [-0.15, -0.1) is 5.10 Å². The molecule has 0 aliphatic carbocycles. The maximum absolute atomic E-state index is 13.2. The van der Waals surface area contributed by atoms with E-state index in [4.69, 9.17) is 28.3 Å². The molecule has 0 aliphatic rings. The molecule has 5 aromatic rings. The molecule has 0 saturated heterocycles. The molecule has 15 nitrogen and oxygen atoms in total. The average Bonchev–Trinajstić information content (AvgIpc) is 3.70. The molecule has 3 amide bonds. The van der Waals surface area contributed by atoms with Gasteiger partial charge in [-0.25, -0.2) is 9.78 Å². The van der Waals surface area contributed by atoms with E-state index in [1.807, 2.05) is 0 Å². The van der Waals surface area contributed by atoms with Crippen LogP contribution in [-0.4, -0.2) is 63.2 Å². The Bertz CT molecular complexity index is 1880. The van der Waals surface area contributed by atoms with E-state index in [0.717, 1.165) is 5.69 Å². The van der Waals surface area contributed by atoms with Gasteiger partial charge < -0.3 is 20.7 Å². The molecule has 0 bridgehead atoms. The fraction of sp³-hybridized carbons (Fsp3) is 0.138. The van der Waals surface area contributed by atoms with Gasteiger partial charge >= 0.3 is 6.09 Å². The SMILES string of the molecule is Cc1cnc(CNC(=O)C[C@H](NC(=O)/C=C/c2cc(Cl)ccc2-n2cnnn2)c2nc(-c3ccc(NC(=O)O)cc3)c(Cl)[nH]2)cn1. The predicted molar refractivity (Wildman–Crippen MR) is 168 cm³/mol. The lowest BCUT2D eigenvalue weighted by molar-refractivity contribution is -0.122. The molecule has 0 spiro atoms. The summed E-state index contributed by atoms with van der Waals surface area (Å²) in [5, 5.41) is 28.6. The molecule has 0 aliphatic heterocycles. The minimum atomic E-state index is -1.20. The second-order valence-electron chi connectivity index (χ2n) is 9.77. The largest absolute Gasteiger partial charge is 0.465 e. The smallest absolute Gasteiger partial charge is 0.409 e. The van der Waals surface area contributed by atoms with Crippen molar-refractivity contribution in [1.29, 1.82) is 0 Å². The van der Waals surface area contributed by atoms with E-state index in [0.29, 0.717) is 38.9 Å². The van der Waals surface area contributed by atoms with Gasteiger partial charge in [0.05, 0.1) is 42.3 Å². The number of halogens is 2. The summed E-state index contributed by atoms with van der Waals surface area (Å²) in [5.74, 6) is -0.717. The number of hydrogen-bond acceptors (Lipinski definition) is 9. The van der Waals surface area contributed by atoms with Crippen LogP contribution in [0.5, 0.6) is 0 Å². The summed E-state index contributed by atoms with van der Waals surface area (Å²) in [6.45, 7) is 1.93. The van der Waals surface area contributed by atoms with Gasteiger partial charge in [-0.3, -0.25) is 24.9 Å². The molecule has 0 radical (unpaired) electrons. The number of anilines is 1. The lowest BCUT2D eigenvalue weighted by Gasteiger charge is -2.16. The van der Waals surface area contributed by atoms with E-state index in [9.17, 15) is 14.4 Å². The highest BCUT2D eigenvalue weighted by molar-refractivity contribution is 6.32. The molecule has 0 saturated carbocycles. The Morgan fingerprint density at radius 2 is 1.89 bits per heavy atom. The summed E-state index contributed by atoms with van der Waals surface area (Å²) in [4.78, 5) is 53.1. The molecule has 17 heteroatoms. The number of carboxylic acid groups (broad SMARTS) is 1. The highest BCUT2D eigenvalue weighted by atomic mass is 35.5. The number of aromatic amines is 1. The van der Waals surface area contributed by atoms with Crippen LogP contribution < -0.4 is 16.0 Å². The van der Waals surface area contributed by atoms with Crippen molar-refractivity contribution in [3.63, 3.8) is 0 Å². The maximum Gasteiger partial charge on any atom is 0.409 e. The average molecular weight is 662 g/mol. The normalized spacial score (nSPS) is 11.7. The molecule has 0 unspecified atom stereocenters. The van der Waals surface area contributed by atoms with Gasteiger partial charge in [0.25, 0.3) is 0 Å². The van der Waals surface area contributed by atoms with Crippen molar-refractivity contribution in [3.05, 3.63) is 100 Å². The van der Waals surface area contributed by atoms with E-state index in [2.05, 4.69) is 51.4 Å². The number of carbonyl (C=O) groups excluding carboxylic acids is 2. The first kappa shape index (κ1) is 31.7. The number of tetrazole rings is 1. The third-order valence-corrected chi connectivity index (χ3v) is 6.93. The number of rotatable bonds is 11. The van der Waals surface area contributed by atoms with E-state index >= 15 is 0 Å². The van der Waals surface area contributed by atoms with Crippen molar-refractivity contribution in [2.45, 2.75) is 25.9 Å². The summed E-state index contributed by atoms with van der Waals surface area (Å²) in [6, 6.07) is 10.5. The van der Waals surface area contributed by atoms with Crippen LogP contribution in [0.4, 0.5) is 10.5 Å². The molecule has 0 fully saturated rings. The summed E-state index contributed by atoms with van der Waals surface area (Å²) in [5.41, 5.74) is 3.73. The molecule has 2 aromatic carbocycles. The van der Waals surface area contributed by atoms with Crippen LogP contribution in [-0.2, 0) is 16.1 Å². The molecule has 1 atom stereocenters. The zero-order valence-corrected chi connectivity index (χ0v) is 25.5. The Hall–Kier alpha value is -5.67. The zero-order chi connectivity index (χ0) is 32.6. The molecule has 234 valence electrons. The number of hydrogen-bond donors (Lipinski definition) is 5. The van der Waals surface area contributed by atoms with Crippen LogP contribution in [0.25, 0.3) is 23.0 Å². The molecule has 3 aromatic heterocycles. The van der Waals surface area contributed by atoms with Gasteiger partial charge in [-0.05, 0) is 53.8 Å². The monoisotopic (exact) mass is 661 g/mol. The Kier molecular flexibility index (Phi) is 9.94. The number of aryl methyl sites for hydroxylation is 1. The number of H-pyrrole nitrogens is 1. The second-order valence-corrected chi connectivity index (χ2v) is 10.6. The van der Waals surface area contributed by atoms with Gasteiger partial charge in [0.2, 0.25) is 11.8 Å². The molecule has 3 heterocycles. The van der Waals surface area contributed by atoms with Crippen LogP contribution in [0, 0.1) is 6.92 Å². The van der Waals surface area contributed by atoms with Gasteiger partial charge in [0.1, 0.15) is 23.0 Å². The Labute approximate surface area is 271 Å². The predicted octanol–water partition coefficient (Wildman–Crippen LogP) is 4.12. The standard InChI is InChI=1S/C29H25Cl2N11O4/c1-16-12-33-21(13-32-16)14-34-25(44)11-22(28-38-26(27(31)39-28)17-2-6-20(7-3-17)36-29(45)46)37-24(43)9-4-18-10-19(30)5-8-23(18)42-15-35-40-41-42/h2-10,12-13,15,22,36H,11,14H2,1H3,(H,34,44)(H,37,43)(H,38,39)(H,45,46)/b9-4+/t22-/m0/s1. The van der Waals surface area contributed by atoms with Gasteiger partial charge in [-0.1, -0.05) is 35.3 Å². The second kappa shape index (κ2) is 14.4. The summed E-state index contributed by atoms with van der Waals surface area (Å²) in [7, 11) is 0. The van der Waals surface area contributed by atoms with Gasteiger partial charge in [0.15, 0.2) is 0 Å². The first-order valence-electron chi connectivity index (χ1n) is 13.6. The van der Waals surface area contributed by atoms with Crippen LogP contribution in [0.1, 0.15) is 35.2 Å². The fourth-order valence-corrected chi connectivity index (χ4v) is 4.69. The van der Waals surface area contributed by atoms with Crippen molar-refractivity contribution in [2.24, 2.45) is 0 Å². The molecule has 46 heavy (non-hydrogen) atoms. The Morgan fingerprint density at radius 1 is 1.09 bits per heavy atom. The van der Waals surface area contributed by atoms with Crippen LogP contribution in [0.2, 0.25) is 10.2 Å². The van der Waals surface area contributed by atoms with Crippen LogP contribution >= 0.6 is 23.2 Å². The highest BCUT2D eigenvalue weighted by Gasteiger charge is 2.23. The molecular weight excluding hydrogens is 637 g/mol. The third kappa shape index (κ3) is 8.28. The number of aromatic nitrogens is 8. The maximum atomic E-state index is 13.2. The van der Waals surface area contributed by atoms with E-state index < -0.39 is 23.9 Å². The number of benzene rings is 2. The lowest BCUT2D eigenvalue weighted by atomic mass is 10.1. The minimum Gasteiger partial charge on any atom is -0.465 e. The minimum absolute atomic E-state index is 0.127. The third-order valence-electron chi connectivity index (χ3n) is 6.42. The molecular formula is C29H25Cl2N11O4. The summed E-state index contributed by atoms with van der Waals surface area (Å²) < 4.78 is 1.43. The van der Waals surface area contributed by atoms with Gasteiger partial charge in [0, 0.05) is 34.1 Å². The van der Waals surface area contributed by atoms with Crippen molar-refractivity contribution in [2.75, 3.05) is 5.32 Å². The molecule has 5 rings (SSSR count). The number of nitrogens with one attached hydrogen (secondary N) is 4. The zero-order valence-electron chi connectivity index (χ0n) is 24.0. The number of nitrogens with zero attached hydrogens (tertiary/aromatic N) is 7. The first-order valence-corrected chi connectivity index (χ1v) is 14.3. The summed E-state index contributed by atoms with van der Waals surface area (Å²) >= 11 is 12.7. The van der Waals surface area contributed by atoms with Crippen LogP contribution in [0.3, 0.4) is 0 Å². The van der Waals surface area contributed by atoms with Crippen molar-refractivity contribution >= 4 is 52.9 Å². The number of amides is 3. The lowest BCUT2D eigenvalue weighted by Crippen LogP contribution is -2.33. The number of imidazole rings is 1. The Morgan fingerprint density at radius 3 is 2.59 bits per heavy atom. The van der Waals surface area contributed by atoms with Crippen molar-refractivity contribution < 1.29 is 19.5 Å². The van der Waals surface area contributed by atoms with E-state index in [-0.39, 0.29) is 23.9 Å². The highest BCUT2D eigenvalue weighted by Crippen LogP contribution is 2.29. The number of carbonyl (C=O) groups is 3. The van der Waals surface area contributed by atoms with E-state index in [1.165, 1.54) is 17.1 Å². The fourth-order valence-electron chi connectivity index (χ4n) is 4.26. The van der Waals surface area contributed by atoms with E-state index in [1.54, 1.807) is 67.9 Å². The van der Waals surface area contributed by atoms with Gasteiger partial charge in [-0.2, -0.15) is 4.68 Å². The van der Waals surface area contributed by atoms with Crippen LogP contribution in [0.15, 0.2) is 67.3 Å². The quantitative estimate of drug-likeness (QED) is 0.128. The first-order chi connectivity index (χ1) is 22.1. The van der Waals surface area contributed by atoms with Crippen molar-refractivity contribution in [1.82, 2.24) is 50.8 Å². The Balaban J connectivity index is 1.37. The summed E-state index contributed by atoms with van der Waals surface area (Å²) in [6.07, 6.45) is 6.00. The molecule has 5 N–H and O–H groups in total.